The number of nitrogens with zero attached hydrogens (tertiary/aromatic N) is 2. The van der Waals surface area contributed by atoms with E-state index in [-0.39, 0.29) is 11.5 Å². The molecule has 4 aromatic rings. The lowest BCUT2D eigenvalue weighted by atomic mass is 10.2. The number of anilines is 1. The number of carbonyl (C=O) groups is 1. The van der Waals surface area contributed by atoms with E-state index in [1.165, 1.54) is 24.5 Å². The molecule has 0 saturated heterocycles. The molecule has 152 valence electrons. The first-order valence-electron chi connectivity index (χ1n) is 8.82. The Labute approximate surface area is 174 Å². The van der Waals surface area contributed by atoms with E-state index in [0.717, 1.165) is 4.88 Å². The van der Waals surface area contributed by atoms with Gasteiger partial charge in [0, 0.05) is 6.07 Å². The van der Waals surface area contributed by atoms with E-state index < -0.39 is 11.5 Å². The molecular formula is C20H17N5O4S. The van der Waals surface area contributed by atoms with Crippen LogP contribution in [0.4, 0.5) is 5.95 Å². The fourth-order valence-corrected chi connectivity index (χ4v) is 3.54. The number of ether oxygens (including phenoxy) is 2. The first-order chi connectivity index (χ1) is 14.6. The molecule has 1 amide bonds. The van der Waals surface area contributed by atoms with Crippen LogP contribution < -0.4 is 20.3 Å². The third-order valence-electron chi connectivity index (χ3n) is 4.32. The van der Waals surface area contributed by atoms with Crippen LogP contribution in [0, 0.1) is 0 Å². The lowest BCUT2D eigenvalue weighted by Gasteiger charge is -2.07. The predicted molar refractivity (Wildman–Crippen MR) is 113 cm³/mol. The molecule has 0 spiro atoms. The molecule has 0 aliphatic heterocycles. The van der Waals surface area contributed by atoms with E-state index in [0.29, 0.717) is 28.6 Å². The highest BCUT2D eigenvalue weighted by Crippen LogP contribution is 2.31. The van der Waals surface area contributed by atoms with Crippen LogP contribution in [0.15, 0.2) is 52.6 Å². The first kappa shape index (κ1) is 19.4. The minimum Gasteiger partial charge on any atom is -0.497 e. The number of aromatic nitrogens is 4. The fraction of sp³-hybridized carbons (Fsp3) is 0.100. The van der Waals surface area contributed by atoms with Gasteiger partial charge in [-0.15, -0.1) is 16.4 Å². The van der Waals surface area contributed by atoms with Crippen molar-refractivity contribution in [1.82, 2.24) is 20.2 Å². The van der Waals surface area contributed by atoms with Crippen LogP contribution in [0.1, 0.15) is 10.4 Å². The molecule has 3 N–H and O–H groups in total. The van der Waals surface area contributed by atoms with E-state index in [1.807, 2.05) is 17.5 Å². The van der Waals surface area contributed by atoms with Gasteiger partial charge in [0.25, 0.3) is 11.5 Å². The number of amides is 1. The van der Waals surface area contributed by atoms with Crippen molar-refractivity contribution in [2.75, 3.05) is 19.5 Å². The van der Waals surface area contributed by atoms with Crippen molar-refractivity contribution in [3.05, 3.63) is 63.8 Å². The van der Waals surface area contributed by atoms with Crippen molar-refractivity contribution in [2.45, 2.75) is 0 Å². The Balaban J connectivity index is 1.54. The zero-order valence-corrected chi connectivity index (χ0v) is 16.9. The molecule has 0 unspecified atom stereocenters. The zero-order valence-electron chi connectivity index (χ0n) is 16.1. The van der Waals surface area contributed by atoms with Crippen molar-refractivity contribution < 1.29 is 14.3 Å². The molecule has 1 aromatic carbocycles. The maximum absolute atomic E-state index is 12.5. The van der Waals surface area contributed by atoms with Gasteiger partial charge in [0.2, 0.25) is 5.95 Å². The number of hydrogen-bond donors (Lipinski definition) is 3. The van der Waals surface area contributed by atoms with E-state index in [1.54, 1.807) is 31.4 Å². The second-order valence-corrected chi connectivity index (χ2v) is 7.07. The van der Waals surface area contributed by atoms with E-state index in [9.17, 15) is 9.59 Å². The van der Waals surface area contributed by atoms with Crippen molar-refractivity contribution in [3.8, 4) is 33.5 Å². The SMILES string of the molecule is COc1ccc(-c2nc(NC(=O)c3ccc(-c4cccs4)[nH]c3=O)n[nH]2)c(OC)c1. The van der Waals surface area contributed by atoms with Gasteiger partial charge < -0.3 is 14.5 Å². The van der Waals surface area contributed by atoms with Gasteiger partial charge in [-0.2, -0.15) is 4.98 Å². The summed E-state index contributed by atoms with van der Waals surface area (Å²) in [5, 5.41) is 11.2. The lowest BCUT2D eigenvalue weighted by Crippen LogP contribution is -2.23. The predicted octanol–water partition coefficient (Wildman–Crippen LogP) is 3.16. The Hall–Kier alpha value is -3.92. The fourth-order valence-electron chi connectivity index (χ4n) is 2.83. The molecule has 10 heteroatoms. The Morgan fingerprint density at radius 1 is 1.13 bits per heavy atom. The highest BCUT2D eigenvalue weighted by molar-refractivity contribution is 7.13. The largest absolute Gasteiger partial charge is 0.497 e. The van der Waals surface area contributed by atoms with E-state index in [2.05, 4.69) is 25.5 Å². The van der Waals surface area contributed by atoms with Gasteiger partial charge in [-0.05, 0) is 35.7 Å². The number of thiophene rings is 1. The Morgan fingerprint density at radius 2 is 2.00 bits per heavy atom. The average Bonchev–Trinajstić information content (AvgIpc) is 3.45. The highest BCUT2D eigenvalue weighted by Gasteiger charge is 2.16. The minimum absolute atomic E-state index is 0.0367. The van der Waals surface area contributed by atoms with Crippen molar-refractivity contribution >= 4 is 23.2 Å². The molecule has 0 fully saturated rings. The topological polar surface area (TPSA) is 122 Å². The van der Waals surface area contributed by atoms with Gasteiger partial charge >= 0.3 is 0 Å². The number of nitrogens with one attached hydrogen (secondary N) is 3. The maximum atomic E-state index is 12.5. The third-order valence-corrected chi connectivity index (χ3v) is 5.22. The van der Waals surface area contributed by atoms with Crippen LogP contribution in [0.25, 0.3) is 22.0 Å². The molecular weight excluding hydrogens is 406 g/mol. The summed E-state index contributed by atoms with van der Waals surface area (Å²) >= 11 is 1.49. The van der Waals surface area contributed by atoms with Gasteiger partial charge in [0.15, 0.2) is 5.82 Å². The summed E-state index contributed by atoms with van der Waals surface area (Å²) in [4.78, 5) is 32.8. The molecule has 0 bridgehead atoms. The molecule has 3 aromatic heterocycles. The summed E-state index contributed by atoms with van der Waals surface area (Å²) in [7, 11) is 3.09. The normalized spacial score (nSPS) is 10.6. The number of benzene rings is 1. The number of H-pyrrole nitrogens is 2. The number of aromatic amines is 2. The molecule has 3 heterocycles. The highest BCUT2D eigenvalue weighted by atomic mass is 32.1. The summed E-state index contributed by atoms with van der Waals surface area (Å²) in [5.74, 6) is 0.987. The number of hydrogen-bond acceptors (Lipinski definition) is 7. The van der Waals surface area contributed by atoms with Gasteiger partial charge in [0.1, 0.15) is 17.1 Å². The van der Waals surface area contributed by atoms with E-state index in [4.69, 9.17) is 9.47 Å². The van der Waals surface area contributed by atoms with Crippen molar-refractivity contribution in [3.63, 3.8) is 0 Å². The summed E-state index contributed by atoms with van der Waals surface area (Å²) in [6, 6.07) is 12.2. The first-order valence-corrected chi connectivity index (χ1v) is 9.70. The van der Waals surface area contributed by atoms with Crippen molar-refractivity contribution in [2.24, 2.45) is 0 Å². The molecule has 30 heavy (non-hydrogen) atoms. The minimum atomic E-state index is -0.610. The zero-order chi connectivity index (χ0) is 21.1. The Kier molecular flexibility index (Phi) is 5.31. The Bertz CT molecular complexity index is 1250. The van der Waals surface area contributed by atoms with Crippen LogP contribution in [-0.2, 0) is 0 Å². The smallest absolute Gasteiger partial charge is 0.263 e. The van der Waals surface area contributed by atoms with Crippen molar-refractivity contribution in [1.29, 1.82) is 0 Å². The second-order valence-electron chi connectivity index (χ2n) is 6.12. The second kappa shape index (κ2) is 8.21. The van der Waals surface area contributed by atoms with Crippen LogP contribution in [0.3, 0.4) is 0 Å². The summed E-state index contributed by atoms with van der Waals surface area (Å²) in [6.07, 6.45) is 0. The number of methoxy groups -OCH3 is 2. The van der Waals surface area contributed by atoms with Crippen LogP contribution in [0.5, 0.6) is 11.5 Å². The maximum Gasteiger partial charge on any atom is 0.263 e. The third kappa shape index (κ3) is 3.80. The van der Waals surface area contributed by atoms with E-state index >= 15 is 0 Å². The average molecular weight is 423 g/mol. The van der Waals surface area contributed by atoms with Gasteiger partial charge in [-0.1, -0.05) is 6.07 Å². The van der Waals surface area contributed by atoms with Crippen LogP contribution >= 0.6 is 11.3 Å². The number of pyridine rings is 1. The van der Waals surface area contributed by atoms with Gasteiger partial charge in [0.05, 0.1) is 30.4 Å². The monoisotopic (exact) mass is 423 g/mol. The molecule has 0 aliphatic carbocycles. The molecule has 9 nitrogen and oxygen atoms in total. The number of carbonyl (C=O) groups excluding carboxylic acids is 1. The summed E-state index contributed by atoms with van der Waals surface area (Å²) in [6.45, 7) is 0. The van der Waals surface area contributed by atoms with Gasteiger partial charge in [-0.3, -0.25) is 20.0 Å². The summed E-state index contributed by atoms with van der Waals surface area (Å²) in [5.41, 5.74) is 0.762. The number of rotatable bonds is 6. The van der Waals surface area contributed by atoms with Crippen LogP contribution in [0.2, 0.25) is 0 Å². The van der Waals surface area contributed by atoms with Gasteiger partial charge in [-0.25, -0.2) is 0 Å². The Morgan fingerprint density at radius 3 is 2.70 bits per heavy atom. The molecule has 0 saturated carbocycles. The molecule has 0 atom stereocenters. The quantitative estimate of drug-likeness (QED) is 0.438. The van der Waals surface area contributed by atoms with Crippen LogP contribution in [-0.4, -0.2) is 40.3 Å². The molecule has 0 aliphatic rings. The standard InChI is InChI=1S/C20H17N5O4S/c1-28-11-5-6-12(15(10-11)29-2)17-22-20(25-24-17)23-19(27)13-7-8-14(21-18(13)26)16-4-3-9-30-16/h3-10H,1-2H3,(H,21,26)(H2,22,23,24,25,27). The molecule has 0 radical (unpaired) electrons. The lowest BCUT2D eigenvalue weighted by molar-refractivity contribution is 0.102. The molecule has 4 rings (SSSR count). The summed E-state index contributed by atoms with van der Waals surface area (Å²) < 4.78 is 10.5.